The topological polar surface area (TPSA) is 58.0 Å². The molecule has 0 fully saturated rings. The smallest absolute Gasteiger partial charge is 0.166 e. The lowest BCUT2D eigenvalue weighted by Gasteiger charge is -2.37. The number of alkyl halides is 2. The SMILES string of the molecule is [N-]=[N+]=NC1CC(CF)(CF)Oc2ccc(F)cc21. The molecule has 18 heavy (non-hydrogen) atoms. The Morgan fingerprint density at radius 3 is 2.78 bits per heavy atom. The maximum atomic E-state index is 13.1. The first-order valence-electron chi connectivity index (χ1n) is 5.29. The summed E-state index contributed by atoms with van der Waals surface area (Å²) in [7, 11) is 0. The Bertz CT molecular complexity index is 498. The van der Waals surface area contributed by atoms with E-state index in [1.165, 1.54) is 6.07 Å². The van der Waals surface area contributed by atoms with Crippen molar-refractivity contribution in [1.82, 2.24) is 0 Å². The van der Waals surface area contributed by atoms with Gasteiger partial charge in [0.2, 0.25) is 0 Å². The largest absolute Gasteiger partial charge is 0.481 e. The molecule has 1 aromatic rings. The van der Waals surface area contributed by atoms with E-state index in [4.69, 9.17) is 10.3 Å². The average Bonchev–Trinajstić information content (AvgIpc) is 2.39. The van der Waals surface area contributed by atoms with Gasteiger partial charge in [0.25, 0.3) is 0 Å². The molecule has 1 aliphatic rings. The van der Waals surface area contributed by atoms with Gasteiger partial charge in [-0.1, -0.05) is 5.11 Å². The maximum Gasteiger partial charge on any atom is 0.166 e. The fourth-order valence-electron chi connectivity index (χ4n) is 1.97. The van der Waals surface area contributed by atoms with E-state index in [2.05, 4.69) is 10.0 Å². The van der Waals surface area contributed by atoms with Gasteiger partial charge < -0.3 is 4.74 Å². The number of rotatable bonds is 3. The van der Waals surface area contributed by atoms with Crippen molar-refractivity contribution in [2.45, 2.75) is 18.1 Å². The van der Waals surface area contributed by atoms with E-state index in [1.807, 2.05) is 0 Å². The van der Waals surface area contributed by atoms with E-state index in [-0.39, 0.29) is 12.2 Å². The Labute approximate surface area is 101 Å². The average molecular weight is 257 g/mol. The van der Waals surface area contributed by atoms with Crippen molar-refractivity contribution in [3.05, 3.63) is 40.0 Å². The molecule has 1 aliphatic heterocycles. The summed E-state index contributed by atoms with van der Waals surface area (Å²) in [5, 5.41) is 3.46. The van der Waals surface area contributed by atoms with Crippen LogP contribution in [0.1, 0.15) is 18.0 Å². The lowest BCUT2D eigenvalue weighted by atomic mass is 9.89. The molecule has 1 aromatic carbocycles. The Morgan fingerprint density at radius 1 is 1.44 bits per heavy atom. The molecule has 0 spiro atoms. The number of fused-ring (bicyclic) bond motifs is 1. The van der Waals surface area contributed by atoms with Crippen LogP contribution in [-0.4, -0.2) is 19.0 Å². The van der Waals surface area contributed by atoms with Crippen LogP contribution in [0.3, 0.4) is 0 Å². The van der Waals surface area contributed by atoms with Crippen molar-refractivity contribution in [2.24, 2.45) is 5.11 Å². The molecule has 0 saturated heterocycles. The third kappa shape index (κ3) is 2.09. The fraction of sp³-hybridized carbons (Fsp3) is 0.455. The van der Waals surface area contributed by atoms with Crippen LogP contribution >= 0.6 is 0 Å². The highest BCUT2D eigenvalue weighted by Gasteiger charge is 2.41. The summed E-state index contributed by atoms with van der Waals surface area (Å²) in [5.41, 5.74) is 7.13. The Kier molecular flexibility index (Phi) is 3.34. The van der Waals surface area contributed by atoms with Crippen molar-refractivity contribution in [3.63, 3.8) is 0 Å². The predicted molar refractivity (Wildman–Crippen MR) is 58.2 cm³/mol. The van der Waals surface area contributed by atoms with Crippen molar-refractivity contribution in [2.75, 3.05) is 13.3 Å². The standard InChI is InChI=1S/C11H10F3N3O/c12-5-11(6-13)4-9(16-17-15)8-3-7(14)1-2-10(8)18-11/h1-3,9H,4-6H2. The lowest BCUT2D eigenvalue weighted by Crippen LogP contribution is -2.45. The van der Waals surface area contributed by atoms with Gasteiger partial charge in [0.15, 0.2) is 5.60 Å². The molecule has 1 unspecified atom stereocenters. The number of halogens is 3. The van der Waals surface area contributed by atoms with Gasteiger partial charge in [-0.05, 0) is 23.7 Å². The summed E-state index contributed by atoms with van der Waals surface area (Å²) in [6, 6.07) is 2.72. The van der Waals surface area contributed by atoms with Crippen LogP contribution in [0.5, 0.6) is 5.75 Å². The van der Waals surface area contributed by atoms with E-state index in [0.29, 0.717) is 5.56 Å². The third-order valence-corrected chi connectivity index (χ3v) is 2.90. The van der Waals surface area contributed by atoms with Crippen LogP contribution in [0.15, 0.2) is 23.3 Å². The second-order valence-corrected chi connectivity index (χ2v) is 4.16. The molecule has 1 atom stereocenters. The van der Waals surface area contributed by atoms with Gasteiger partial charge in [0, 0.05) is 16.9 Å². The molecule has 96 valence electrons. The summed E-state index contributed by atoms with van der Waals surface area (Å²) < 4.78 is 44.3. The summed E-state index contributed by atoms with van der Waals surface area (Å²) in [6.45, 7) is -2.09. The summed E-state index contributed by atoms with van der Waals surface area (Å²) in [4.78, 5) is 2.62. The van der Waals surface area contributed by atoms with Gasteiger partial charge in [-0.3, -0.25) is 0 Å². The molecule has 2 rings (SSSR count). The molecule has 0 bridgehead atoms. The number of hydrogen-bond acceptors (Lipinski definition) is 2. The molecule has 7 heteroatoms. The molecule has 4 nitrogen and oxygen atoms in total. The zero-order chi connectivity index (χ0) is 13.2. The first-order valence-corrected chi connectivity index (χ1v) is 5.29. The quantitative estimate of drug-likeness (QED) is 0.463. The maximum absolute atomic E-state index is 13.1. The summed E-state index contributed by atoms with van der Waals surface area (Å²) >= 11 is 0. The van der Waals surface area contributed by atoms with Gasteiger partial charge in [0.1, 0.15) is 24.9 Å². The minimum atomic E-state index is -1.65. The molecule has 0 N–H and O–H groups in total. The number of hydrogen-bond donors (Lipinski definition) is 0. The van der Waals surface area contributed by atoms with Crippen LogP contribution in [-0.2, 0) is 0 Å². The highest BCUT2D eigenvalue weighted by Crippen LogP contribution is 2.42. The Morgan fingerprint density at radius 2 is 2.17 bits per heavy atom. The molecule has 0 aromatic heterocycles. The van der Waals surface area contributed by atoms with Crippen LogP contribution in [0.4, 0.5) is 13.2 Å². The number of azide groups is 1. The zero-order valence-corrected chi connectivity index (χ0v) is 9.31. The van der Waals surface area contributed by atoms with E-state index in [0.717, 1.165) is 12.1 Å². The van der Waals surface area contributed by atoms with E-state index < -0.39 is 30.8 Å². The first-order chi connectivity index (χ1) is 8.64. The summed E-state index contributed by atoms with van der Waals surface area (Å²) in [6.07, 6.45) is -0.152. The van der Waals surface area contributed by atoms with Gasteiger partial charge in [0.05, 0.1) is 6.04 Å². The van der Waals surface area contributed by atoms with Crippen molar-refractivity contribution >= 4 is 0 Å². The number of benzene rings is 1. The lowest BCUT2D eigenvalue weighted by molar-refractivity contribution is -0.00787. The van der Waals surface area contributed by atoms with Gasteiger partial charge in [-0.2, -0.15) is 0 Å². The van der Waals surface area contributed by atoms with Crippen molar-refractivity contribution < 1.29 is 17.9 Å². The summed E-state index contributed by atoms with van der Waals surface area (Å²) in [5.74, 6) is -0.376. The Balaban J connectivity index is 2.49. The van der Waals surface area contributed by atoms with Crippen LogP contribution in [0, 0.1) is 5.82 Å². The minimum Gasteiger partial charge on any atom is -0.481 e. The highest BCUT2D eigenvalue weighted by atomic mass is 19.1. The van der Waals surface area contributed by atoms with Gasteiger partial charge in [-0.25, -0.2) is 13.2 Å². The molecular formula is C11H10F3N3O. The monoisotopic (exact) mass is 257 g/mol. The van der Waals surface area contributed by atoms with E-state index >= 15 is 0 Å². The van der Waals surface area contributed by atoms with Crippen LogP contribution in [0.25, 0.3) is 10.4 Å². The second kappa shape index (κ2) is 4.78. The first kappa shape index (κ1) is 12.6. The highest BCUT2D eigenvalue weighted by molar-refractivity contribution is 5.39. The second-order valence-electron chi connectivity index (χ2n) is 4.16. The van der Waals surface area contributed by atoms with E-state index in [9.17, 15) is 13.2 Å². The minimum absolute atomic E-state index is 0.148. The van der Waals surface area contributed by atoms with Crippen molar-refractivity contribution in [1.29, 1.82) is 0 Å². The Hall–Kier alpha value is -1.88. The molecule has 0 radical (unpaired) electrons. The predicted octanol–water partition coefficient (Wildman–Crippen LogP) is 3.64. The third-order valence-electron chi connectivity index (χ3n) is 2.90. The van der Waals surface area contributed by atoms with E-state index in [1.54, 1.807) is 0 Å². The number of ether oxygens (including phenoxy) is 1. The molecule has 0 saturated carbocycles. The molecule has 0 amide bonds. The van der Waals surface area contributed by atoms with Crippen LogP contribution in [0.2, 0.25) is 0 Å². The molecule has 0 aliphatic carbocycles. The fourth-order valence-corrected chi connectivity index (χ4v) is 1.97. The molecule has 1 heterocycles. The van der Waals surface area contributed by atoms with Gasteiger partial charge >= 0.3 is 0 Å². The number of nitrogens with zero attached hydrogens (tertiary/aromatic N) is 3. The normalized spacial score (nSPS) is 20.5. The van der Waals surface area contributed by atoms with Crippen LogP contribution < -0.4 is 4.74 Å². The van der Waals surface area contributed by atoms with Crippen molar-refractivity contribution in [3.8, 4) is 5.75 Å². The zero-order valence-electron chi connectivity index (χ0n) is 9.31. The van der Waals surface area contributed by atoms with Gasteiger partial charge in [-0.15, -0.1) is 0 Å². The molecular weight excluding hydrogens is 247 g/mol.